The molecule has 0 unspecified atom stereocenters. The molecular formula is C22H29N7O2. The third-order valence-electron chi connectivity index (χ3n) is 5.98. The maximum Gasteiger partial charge on any atom is 0.254 e. The molecule has 2 saturated heterocycles. The van der Waals surface area contributed by atoms with Crippen LogP contribution in [0, 0.1) is 6.92 Å². The molecule has 4 heterocycles. The van der Waals surface area contributed by atoms with Crippen molar-refractivity contribution in [1.29, 1.82) is 0 Å². The van der Waals surface area contributed by atoms with Crippen LogP contribution in [-0.4, -0.2) is 84.1 Å². The Balaban J connectivity index is 1.26. The summed E-state index contributed by atoms with van der Waals surface area (Å²) in [5.74, 6) is 3.44. The number of nitrogens with zero attached hydrogens (tertiary/aromatic N) is 7. The molecule has 0 N–H and O–H groups in total. The van der Waals surface area contributed by atoms with E-state index < -0.39 is 0 Å². The molecule has 9 heteroatoms. The minimum Gasteiger partial charge on any atom is -0.497 e. The molecule has 5 rings (SSSR count). The number of hydrogen-bond donors (Lipinski definition) is 0. The Kier molecular flexibility index (Phi) is 5.61. The fourth-order valence-electron chi connectivity index (χ4n) is 4.25. The zero-order valence-electron chi connectivity index (χ0n) is 18.2. The van der Waals surface area contributed by atoms with Gasteiger partial charge >= 0.3 is 0 Å². The van der Waals surface area contributed by atoms with Gasteiger partial charge in [0.2, 0.25) is 0 Å². The summed E-state index contributed by atoms with van der Waals surface area (Å²) in [4.78, 5) is 16.5. The monoisotopic (exact) mass is 423 g/mol. The van der Waals surface area contributed by atoms with Crippen molar-refractivity contribution < 1.29 is 9.47 Å². The second-order valence-electron chi connectivity index (χ2n) is 8.06. The van der Waals surface area contributed by atoms with Crippen LogP contribution in [0.2, 0.25) is 0 Å². The van der Waals surface area contributed by atoms with Gasteiger partial charge in [0.15, 0.2) is 5.82 Å². The van der Waals surface area contributed by atoms with E-state index in [1.165, 1.54) is 5.69 Å². The lowest BCUT2D eigenvalue weighted by Crippen LogP contribution is -2.46. The summed E-state index contributed by atoms with van der Waals surface area (Å²) in [6.45, 7) is 9.87. The van der Waals surface area contributed by atoms with Crippen molar-refractivity contribution in [1.82, 2.24) is 24.5 Å². The van der Waals surface area contributed by atoms with Gasteiger partial charge < -0.3 is 19.3 Å². The van der Waals surface area contributed by atoms with Crippen molar-refractivity contribution in [2.75, 3.05) is 69.4 Å². The molecule has 31 heavy (non-hydrogen) atoms. The second-order valence-corrected chi connectivity index (χ2v) is 8.06. The number of aryl methyl sites for hydroxylation is 1. The highest BCUT2D eigenvalue weighted by Crippen LogP contribution is 2.22. The number of piperazine rings is 1. The van der Waals surface area contributed by atoms with Gasteiger partial charge in [-0.25, -0.2) is 4.98 Å². The quantitative estimate of drug-likeness (QED) is 0.613. The van der Waals surface area contributed by atoms with E-state index in [1.54, 1.807) is 7.11 Å². The first-order valence-electron chi connectivity index (χ1n) is 10.9. The first-order chi connectivity index (χ1) is 15.2. The Morgan fingerprint density at radius 3 is 2.39 bits per heavy atom. The average Bonchev–Trinajstić information content (AvgIpc) is 3.21. The maximum atomic E-state index is 5.50. The van der Waals surface area contributed by atoms with Crippen molar-refractivity contribution in [2.24, 2.45) is 0 Å². The molecule has 2 aliphatic heterocycles. The number of rotatable bonds is 5. The summed E-state index contributed by atoms with van der Waals surface area (Å²) in [6, 6.07) is 10.4. The molecule has 3 aromatic rings. The first-order valence-corrected chi connectivity index (χ1v) is 10.9. The van der Waals surface area contributed by atoms with Gasteiger partial charge in [0.1, 0.15) is 11.6 Å². The lowest BCUT2D eigenvalue weighted by atomic mass is 10.2. The van der Waals surface area contributed by atoms with E-state index in [0.29, 0.717) is 5.78 Å². The van der Waals surface area contributed by atoms with E-state index >= 15 is 0 Å². The number of ether oxygens (including phenoxy) is 2. The Morgan fingerprint density at radius 2 is 1.68 bits per heavy atom. The van der Waals surface area contributed by atoms with Crippen molar-refractivity contribution in [3.05, 3.63) is 41.9 Å². The zero-order valence-corrected chi connectivity index (χ0v) is 18.2. The van der Waals surface area contributed by atoms with Crippen LogP contribution >= 0.6 is 0 Å². The molecule has 1 aromatic carbocycles. The molecule has 0 saturated carbocycles. The SMILES string of the molecule is COc1ccc(N2CCN(Cc3nc4nc(C)cc(N5CCOCC5)n4n3)CC2)cc1. The summed E-state index contributed by atoms with van der Waals surface area (Å²) in [5, 5.41) is 4.81. The van der Waals surface area contributed by atoms with E-state index in [-0.39, 0.29) is 0 Å². The molecule has 164 valence electrons. The van der Waals surface area contributed by atoms with E-state index in [2.05, 4.69) is 37.9 Å². The Hall–Kier alpha value is -2.91. The van der Waals surface area contributed by atoms with Gasteiger partial charge in [0, 0.05) is 56.7 Å². The van der Waals surface area contributed by atoms with E-state index in [9.17, 15) is 0 Å². The van der Waals surface area contributed by atoms with Crippen LogP contribution in [0.5, 0.6) is 5.75 Å². The largest absolute Gasteiger partial charge is 0.497 e. The number of methoxy groups -OCH3 is 1. The second kappa shape index (κ2) is 8.68. The van der Waals surface area contributed by atoms with Crippen molar-refractivity contribution in [2.45, 2.75) is 13.5 Å². The standard InChI is InChI=1S/C22H29N7O2/c1-17-15-21(28-11-13-31-14-12-28)29-22(23-17)24-20(25-29)16-26-7-9-27(10-8-26)18-3-5-19(30-2)6-4-18/h3-6,15H,7-14,16H2,1-2H3. The molecule has 2 fully saturated rings. The molecule has 0 spiro atoms. The number of aromatic nitrogens is 4. The Labute approximate surface area is 182 Å². The highest BCUT2D eigenvalue weighted by Gasteiger charge is 2.21. The van der Waals surface area contributed by atoms with Gasteiger partial charge in [0.05, 0.1) is 26.9 Å². The number of anilines is 2. The Morgan fingerprint density at radius 1 is 0.935 bits per heavy atom. The van der Waals surface area contributed by atoms with E-state index in [0.717, 1.165) is 82.1 Å². The van der Waals surface area contributed by atoms with Gasteiger partial charge in [-0.3, -0.25) is 4.90 Å². The lowest BCUT2D eigenvalue weighted by Gasteiger charge is -2.35. The van der Waals surface area contributed by atoms with Crippen LogP contribution < -0.4 is 14.5 Å². The van der Waals surface area contributed by atoms with E-state index in [4.69, 9.17) is 19.6 Å². The molecule has 9 nitrogen and oxygen atoms in total. The Bertz CT molecular complexity index is 1020. The molecule has 2 aromatic heterocycles. The highest BCUT2D eigenvalue weighted by atomic mass is 16.5. The van der Waals surface area contributed by atoms with E-state index in [1.807, 2.05) is 23.6 Å². The van der Waals surface area contributed by atoms with Crippen molar-refractivity contribution >= 4 is 17.3 Å². The van der Waals surface area contributed by atoms with Gasteiger partial charge in [-0.05, 0) is 31.2 Å². The first kappa shape index (κ1) is 20.0. The number of fused-ring (bicyclic) bond motifs is 1. The van der Waals surface area contributed by atoms with Crippen LogP contribution in [0.25, 0.3) is 5.78 Å². The number of hydrogen-bond acceptors (Lipinski definition) is 8. The summed E-state index contributed by atoms with van der Waals surface area (Å²) in [7, 11) is 1.70. The maximum absolute atomic E-state index is 5.50. The van der Waals surface area contributed by atoms with Crippen LogP contribution in [0.3, 0.4) is 0 Å². The average molecular weight is 424 g/mol. The molecular weight excluding hydrogens is 394 g/mol. The molecule has 0 atom stereocenters. The smallest absolute Gasteiger partial charge is 0.254 e. The van der Waals surface area contributed by atoms with Crippen LogP contribution in [0.4, 0.5) is 11.5 Å². The summed E-state index contributed by atoms with van der Waals surface area (Å²) < 4.78 is 12.7. The van der Waals surface area contributed by atoms with Crippen LogP contribution in [-0.2, 0) is 11.3 Å². The summed E-state index contributed by atoms with van der Waals surface area (Å²) in [6.07, 6.45) is 0. The van der Waals surface area contributed by atoms with Crippen molar-refractivity contribution in [3.63, 3.8) is 0 Å². The van der Waals surface area contributed by atoms with Gasteiger partial charge in [-0.1, -0.05) is 0 Å². The molecule has 0 amide bonds. The summed E-state index contributed by atoms with van der Waals surface area (Å²) in [5.41, 5.74) is 2.20. The minimum absolute atomic E-state index is 0.674. The minimum atomic E-state index is 0.674. The molecule has 0 radical (unpaired) electrons. The number of morpholine rings is 1. The summed E-state index contributed by atoms with van der Waals surface area (Å²) >= 11 is 0. The predicted octanol–water partition coefficient (Wildman–Crippen LogP) is 1.60. The molecule has 0 bridgehead atoms. The topological polar surface area (TPSA) is 71.3 Å². The third-order valence-corrected chi connectivity index (χ3v) is 5.98. The normalized spacial score (nSPS) is 18.0. The van der Waals surface area contributed by atoms with Gasteiger partial charge in [-0.15, -0.1) is 5.10 Å². The number of benzene rings is 1. The highest BCUT2D eigenvalue weighted by molar-refractivity contribution is 5.50. The molecule has 0 aliphatic carbocycles. The van der Waals surface area contributed by atoms with Crippen molar-refractivity contribution in [3.8, 4) is 5.75 Å². The third kappa shape index (κ3) is 4.28. The fourth-order valence-corrected chi connectivity index (χ4v) is 4.25. The molecule has 2 aliphatic rings. The van der Waals surface area contributed by atoms with Gasteiger partial charge in [0.25, 0.3) is 5.78 Å². The zero-order chi connectivity index (χ0) is 21.2. The van der Waals surface area contributed by atoms with Crippen LogP contribution in [0.1, 0.15) is 11.5 Å². The predicted molar refractivity (Wildman–Crippen MR) is 119 cm³/mol. The lowest BCUT2D eigenvalue weighted by molar-refractivity contribution is 0.122. The van der Waals surface area contributed by atoms with Gasteiger partial charge in [-0.2, -0.15) is 9.50 Å². The fraction of sp³-hybridized carbons (Fsp3) is 0.500. The van der Waals surface area contributed by atoms with Crippen LogP contribution in [0.15, 0.2) is 30.3 Å².